The molecule has 0 bridgehead atoms. The van der Waals surface area contributed by atoms with E-state index in [1.54, 1.807) is 0 Å². The van der Waals surface area contributed by atoms with Gasteiger partial charge in [-0.15, -0.1) is 0 Å². The molecule has 0 aromatic rings. The molecule has 1 saturated heterocycles. The lowest BCUT2D eigenvalue weighted by molar-refractivity contribution is 0.110. The average Bonchev–Trinajstić information content (AvgIpc) is 1.88. The number of hydrogen-bond acceptors (Lipinski definition) is 3. The quantitative estimate of drug-likeness (QED) is 0.580. The second kappa shape index (κ2) is 3.86. The SMILES string of the molecule is CCCC1CCSC(=O)O1. The van der Waals surface area contributed by atoms with E-state index in [-0.39, 0.29) is 11.4 Å². The molecule has 58 valence electrons. The van der Waals surface area contributed by atoms with Crippen LogP contribution in [0.5, 0.6) is 0 Å². The van der Waals surface area contributed by atoms with Gasteiger partial charge in [0.15, 0.2) is 0 Å². The minimum atomic E-state index is -0.0929. The second-order valence-corrected chi connectivity index (χ2v) is 3.45. The first kappa shape index (κ1) is 7.92. The summed E-state index contributed by atoms with van der Waals surface area (Å²) in [4.78, 5) is 10.7. The van der Waals surface area contributed by atoms with Crippen LogP contribution in [0.2, 0.25) is 0 Å². The van der Waals surface area contributed by atoms with E-state index >= 15 is 0 Å². The maximum Gasteiger partial charge on any atom is 0.367 e. The summed E-state index contributed by atoms with van der Waals surface area (Å²) in [5.74, 6) is 0.934. The van der Waals surface area contributed by atoms with E-state index in [4.69, 9.17) is 4.74 Å². The van der Waals surface area contributed by atoms with Crippen molar-refractivity contribution in [1.82, 2.24) is 0 Å². The summed E-state index contributed by atoms with van der Waals surface area (Å²) in [5, 5.41) is -0.0929. The van der Waals surface area contributed by atoms with Crippen molar-refractivity contribution >= 4 is 17.1 Å². The number of carbonyl (C=O) groups excluding carboxylic acids is 1. The highest BCUT2D eigenvalue weighted by atomic mass is 32.2. The number of cyclic esters (lactones) is 1. The molecule has 1 aliphatic heterocycles. The molecule has 0 radical (unpaired) electrons. The lowest BCUT2D eigenvalue weighted by Gasteiger charge is -2.20. The predicted molar refractivity (Wildman–Crippen MR) is 42.3 cm³/mol. The van der Waals surface area contributed by atoms with Crippen LogP contribution in [0.25, 0.3) is 0 Å². The van der Waals surface area contributed by atoms with Crippen molar-refractivity contribution in [3.63, 3.8) is 0 Å². The first-order valence-electron chi connectivity index (χ1n) is 3.66. The van der Waals surface area contributed by atoms with E-state index in [9.17, 15) is 4.79 Å². The summed E-state index contributed by atoms with van der Waals surface area (Å²) >= 11 is 1.29. The highest BCUT2D eigenvalue weighted by Gasteiger charge is 2.19. The molecule has 1 fully saturated rings. The summed E-state index contributed by atoms with van der Waals surface area (Å²) in [7, 11) is 0. The third-order valence-corrected chi connectivity index (χ3v) is 2.31. The van der Waals surface area contributed by atoms with Crippen molar-refractivity contribution < 1.29 is 9.53 Å². The van der Waals surface area contributed by atoms with Gasteiger partial charge in [-0.2, -0.15) is 0 Å². The fourth-order valence-corrected chi connectivity index (χ4v) is 1.78. The molecular weight excluding hydrogens is 148 g/mol. The van der Waals surface area contributed by atoms with Gasteiger partial charge in [-0.3, -0.25) is 0 Å². The van der Waals surface area contributed by atoms with Crippen molar-refractivity contribution in [3.05, 3.63) is 0 Å². The van der Waals surface area contributed by atoms with Crippen LogP contribution in [-0.4, -0.2) is 17.2 Å². The van der Waals surface area contributed by atoms with Gasteiger partial charge in [0.05, 0.1) is 0 Å². The molecule has 0 aromatic heterocycles. The fourth-order valence-electron chi connectivity index (χ4n) is 1.03. The minimum Gasteiger partial charge on any atom is -0.454 e. The molecule has 1 atom stereocenters. The molecule has 0 saturated carbocycles. The van der Waals surface area contributed by atoms with Gasteiger partial charge in [0.2, 0.25) is 0 Å². The van der Waals surface area contributed by atoms with Crippen LogP contribution in [0, 0.1) is 0 Å². The van der Waals surface area contributed by atoms with Crippen molar-refractivity contribution in [2.75, 3.05) is 5.75 Å². The van der Waals surface area contributed by atoms with Gasteiger partial charge in [0, 0.05) is 5.75 Å². The van der Waals surface area contributed by atoms with Gasteiger partial charge in [-0.05, 0) is 24.6 Å². The van der Waals surface area contributed by atoms with E-state index in [1.807, 2.05) is 0 Å². The molecule has 1 heterocycles. The van der Waals surface area contributed by atoms with Crippen LogP contribution in [0.1, 0.15) is 26.2 Å². The largest absolute Gasteiger partial charge is 0.454 e. The Labute approximate surface area is 65.3 Å². The Morgan fingerprint density at radius 2 is 2.60 bits per heavy atom. The number of hydrogen-bond donors (Lipinski definition) is 0. The second-order valence-electron chi connectivity index (χ2n) is 2.42. The molecule has 1 unspecified atom stereocenters. The fraction of sp³-hybridized carbons (Fsp3) is 0.857. The number of thioether (sulfide) groups is 1. The summed E-state index contributed by atoms with van der Waals surface area (Å²) in [5.41, 5.74) is 0. The number of ether oxygens (including phenoxy) is 1. The Bertz CT molecular complexity index is 123. The van der Waals surface area contributed by atoms with Gasteiger partial charge >= 0.3 is 5.30 Å². The standard InChI is InChI=1S/C7H12O2S/c1-2-3-6-4-5-10-7(8)9-6/h6H,2-5H2,1H3. The maximum absolute atomic E-state index is 10.7. The molecule has 0 N–H and O–H groups in total. The molecule has 1 rings (SSSR count). The topological polar surface area (TPSA) is 26.3 Å². The van der Waals surface area contributed by atoms with Crippen molar-refractivity contribution in [3.8, 4) is 0 Å². The van der Waals surface area contributed by atoms with Crippen LogP contribution >= 0.6 is 11.8 Å². The van der Waals surface area contributed by atoms with Gasteiger partial charge in [-0.25, -0.2) is 4.79 Å². The first-order valence-corrected chi connectivity index (χ1v) is 4.65. The Morgan fingerprint density at radius 1 is 1.80 bits per heavy atom. The van der Waals surface area contributed by atoms with Crippen LogP contribution in [-0.2, 0) is 4.74 Å². The monoisotopic (exact) mass is 160 g/mol. The van der Waals surface area contributed by atoms with Crippen molar-refractivity contribution in [2.24, 2.45) is 0 Å². The zero-order chi connectivity index (χ0) is 7.40. The molecule has 0 aromatic carbocycles. The van der Waals surface area contributed by atoms with Crippen LogP contribution in [0.15, 0.2) is 0 Å². The first-order chi connectivity index (χ1) is 4.83. The lowest BCUT2D eigenvalue weighted by Crippen LogP contribution is -2.21. The molecule has 3 heteroatoms. The highest BCUT2D eigenvalue weighted by Crippen LogP contribution is 2.21. The number of carbonyl (C=O) groups is 1. The molecule has 10 heavy (non-hydrogen) atoms. The van der Waals surface area contributed by atoms with E-state index in [1.165, 1.54) is 11.8 Å². The van der Waals surface area contributed by atoms with E-state index in [0.29, 0.717) is 0 Å². The zero-order valence-corrected chi connectivity index (χ0v) is 6.95. The van der Waals surface area contributed by atoms with Gasteiger partial charge in [-0.1, -0.05) is 13.3 Å². The third kappa shape index (κ3) is 2.21. The molecule has 0 amide bonds. The van der Waals surface area contributed by atoms with Crippen molar-refractivity contribution in [1.29, 1.82) is 0 Å². The summed E-state index contributed by atoms with van der Waals surface area (Å²) in [6, 6.07) is 0. The van der Waals surface area contributed by atoms with E-state index in [2.05, 4.69) is 6.92 Å². The summed E-state index contributed by atoms with van der Waals surface area (Å²) < 4.78 is 5.05. The highest BCUT2D eigenvalue weighted by molar-refractivity contribution is 8.13. The molecule has 0 aliphatic carbocycles. The summed E-state index contributed by atoms with van der Waals surface area (Å²) in [6.07, 6.45) is 3.36. The van der Waals surface area contributed by atoms with E-state index in [0.717, 1.165) is 25.0 Å². The van der Waals surface area contributed by atoms with Crippen LogP contribution in [0.3, 0.4) is 0 Å². The van der Waals surface area contributed by atoms with Crippen LogP contribution < -0.4 is 0 Å². The normalized spacial score (nSPS) is 26.1. The predicted octanol–water partition coefficient (Wildman–Crippen LogP) is 2.43. The Morgan fingerprint density at radius 3 is 3.20 bits per heavy atom. The molecule has 0 spiro atoms. The Hall–Kier alpha value is -0.180. The smallest absolute Gasteiger partial charge is 0.367 e. The van der Waals surface area contributed by atoms with Crippen molar-refractivity contribution in [2.45, 2.75) is 32.3 Å². The molecule has 2 nitrogen and oxygen atoms in total. The van der Waals surface area contributed by atoms with E-state index < -0.39 is 0 Å². The van der Waals surface area contributed by atoms with Crippen LogP contribution in [0.4, 0.5) is 4.79 Å². The minimum absolute atomic E-state index is 0.0929. The molecule has 1 aliphatic rings. The average molecular weight is 160 g/mol. The Balaban J connectivity index is 2.25. The summed E-state index contributed by atoms with van der Waals surface area (Å²) in [6.45, 7) is 2.11. The zero-order valence-electron chi connectivity index (χ0n) is 6.13. The van der Waals surface area contributed by atoms with Gasteiger partial charge in [0.1, 0.15) is 6.10 Å². The third-order valence-electron chi connectivity index (χ3n) is 1.53. The Kier molecular flexibility index (Phi) is 3.06. The molecular formula is C7H12O2S. The van der Waals surface area contributed by atoms with Gasteiger partial charge in [0.25, 0.3) is 0 Å². The number of rotatable bonds is 2. The maximum atomic E-state index is 10.7. The lowest BCUT2D eigenvalue weighted by atomic mass is 10.2. The van der Waals surface area contributed by atoms with Gasteiger partial charge < -0.3 is 4.74 Å².